The zero-order valence-corrected chi connectivity index (χ0v) is 13.4. The van der Waals surface area contributed by atoms with Gasteiger partial charge in [-0.1, -0.05) is 55.5 Å². The van der Waals surface area contributed by atoms with Crippen molar-refractivity contribution in [2.45, 2.75) is 31.8 Å². The Hall–Kier alpha value is -2.29. The van der Waals surface area contributed by atoms with Gasteiger partial charge < -0.3 is 10.2 Å². The Morgan fingerprint density at radius 1 is 1.04 bits per heavy atom. The van der Waals surface area contributed by atoms with E-state index in [2.05, 4.69) is 65.7 Å². The van der Waals surface area contributed by atoms with E-state index in [0.29, 0.717) is 18.2 Å². The molecule has 0 radical (unpaired) electrons. The molecule has 0 bridgehead atoms. The highest BCUT2D eigenvalue weighted by atomic mass is 16.2. The number of hydrogen-bond donors (Lipinski definition) is 1. The summed E-state index contributed by atoms with van der Waals surface area (Å²) in [5.41, 5.74) is 3.69. The van der Waals surface area contributed by atoms with Gasteiger partial charge in [-0.05, 0) is 23.6 Å². The number of fused-ring (bicyclic) bond motifs is 1. The van der Waals surface area contributed by atoms with Crippen LogP contribution in [0.4, 0.5) is 5.69 Å². The molecule has 3 nitrogen and oxygen atoms in total. The van der Waals surface area contributed by atoms with Crippen LogP contribution in [0.5, 0.6) is 0 Å². The molecule has 0 unspecified atom stereocenters. The van der Waals surface area contributed by atoms with Crippen LogP contribution in [0.15, 0.2) is 54.6 Å². The number of carbonyl (C=O) groups excluding carboxylic acids is 1. The maximum absolute atomic E-state index is 12.4. The van der Waals surface area contributed by atoms with Crippen LogP contribution >= 0.6 is 0 Å². The summed E-state index contributed by atoms with van der Waals surface area (Å²) in [6.45, 7) is 3.14. The van der Waals surface area contributed by atoms with E-state index >= 15 is 0 Å². The summed E-state index contributed by atoms with van der Waals surface area (Å²) in [6, 6.07) is 19.4. The lowest BCUT2D eigenvalue weighted by Gasteiger charge is -2.43. The fourth-order valence-electron chi connectivity index (χ4n) is 4.11. The van der Waals surface area contributed by atoms with Gasteiger partial charge in [0.15, 0.2) is 0 Å². The molecule has 0 aromatic heterocycles. The molecule has 1 saturated heterocycles. The van der Waals surface area contributed by atoms with E-state index < -0.39 is 0 Å². The lowest BCUT2D eigenvalue weighted by atomic mass is 9.80. The molecule has 3 heteroatoms. The van der Waals surface area contributed by atoms with E-state index in [9.17, 15) is 4.79 Å². The highest BCUT2D eigenvalue weighted by Crippen LogP contribution is 2.46. The van der Waals surface area contributed by atoms with Crippen molar-refractivity contribution in [1.82, 2.24) is 4.90 Å². The van der Waals surface area contributed by atoms with Gasteiger partial charge >= 0.3 is 0 Å². The quantitative estimate of drug-likeness (QED) is 0.904. The Morgan fingerprint density at radius 3 is 2.52 bits per heavy atom. The van der Waals surface area contributed by atoms with Crippen LogP contribution in [0.1, 0.15) is 43.0 Å². The van der Waals surface area contributed by atoms with Gasteiger partial charge in [-0.2, -0.15) is 0 Å². The Balaban J connectivity index is 1.78. The molecule has 3 atom stereocenters. The Kier molecular flexibility index (Phi) is 3.56. The van der Waals surface area contributed by atoms with E-state index in [-0.39, 0.29) is 12.1 Å². The second-order valence-corrected chi connectivity index (χ2v) is 6.61. The monoisotopic (exact) mass is 306 g/mol. The van der Waals surface area contributed by atoms with Crippen LogP contribution in [0.25, 0.3) is 0 Å². The number of amides is 1. The summed E-state index contributed by atoms with van der Waals surface area (Å²) in [4.78, 5) is 14.5. The van der Waals surface area contributed by atoms with Crippen molar-refractivity contribution in [3.63, 3.8) is 0 Å². The maximum atomic E-state index is 12.4. The summed E-state index contributed by atoms with van der Waals surface area (Å²) in [6.07, 6.45) is 1.67. The van der Waals surface area contributed by atoms with Crippen LogP contribution in [0.2, 0.25) is 0 Å². The highest BCUT2D eigenvalue weighted by molar-refractivity contribution is 5.79. The summed E-state index contributed by atoms with van der Waals surface area (Å²) in [5.74, 6) is 0.625. The van der Waals surface area contributed by atoms with Gasteiger partial charge in [0.1, 0.15) is 0 Å². The van der Waals surface area contributed by atoms with Crippen molar-refractivity contribution in [3.8, 4) is 0 Å². The van der Waals surface area contributed by atoms with Crippen molar-refractivity contribution < 1.29 is 4.79 Å². The molecule has 0 aliphatic carbocycles. The Morgan fingerprint density at radius 2 is 1.78 bits per heavy atom. The van der Waals surface area contributed by atoms with E-state index in [1.807, 2.05) is 6.07 Å². The molecule has 2 heterocycles. The molecule has 23 heavy (non-hydrogen) atoms. The second-order valence-electron chi connectivity index (χ2n) is 6.61. The van der Waals surface area contributed by atoms with Gasteiger partial charge in [0.2, 0.25) is 5.91 Å². The van der Waals surface area contributed by atoms with Crippen molar-refractivity contribution in [3.05, 3.63) is 65.7 Å². The third-order valence-electron chi connectivity index (χ3n) is 5.22. The Labute approximate surface area is 137 Å². The number of para-hydroxylation sites is 1. The van der Waals surface area contributed by atoms with Gasteiger partial charge in [-0.15, -0.1) is 0 Å². The zero-order valence-electron chi connectivity index (χ0n) is 13.4. The van der Waals surface area contributed by atoms with E-state index in [1.54, 1.807) is 0 Å². The van der Waals surface area contributed by atoms with Crippen LogP contribution < -0.4 is 5.32 Å². The smallest absolute Gasteiger partial charge is 0.223 e. The van der Waals surface area contributed by atoms with E-state index in [1.165, 1.54) is 11.1 Å². The van der Waals surface area contributed by atoms with Crippen LogP contribution in [0, 0.1) is 5.92 Å². The molecule has 1 N–H and O–H groups in total. The first kappa shape index (κ1) is 14.3. The molecular formula is C20H22N2O. The summed E-state index contributed by atoms with van der Waals surface area (Å²) >= 11 is 0. The zero-order chi connectivity index (χ0) is 15.8. The van der Waals surface area contributed by atoms with Crippen LogP contribution in [-0.2, 0) is 4.79 Å². The minimum Gasteiger partial charge on any atom is -0.378 e. The van der Waals surface area contributed by atoms with Crippen molar-refractivity contribution in [2.24, 2.45) is 5.92 Å². The fourth-order valence-corrected chi connectivity index (χ4v) is 4.11. The van der Waals surface area contributed by atoms with Gasteiger partial charge in [-0.3, -0.25) is 4.79 Å². The summed E-state index contributed by atoms with van der Waals surface area (Å²) in [7, 11) is 0. The molecule has 2 aromatic rings. The number of nitrogens with zero attached hydrogens (tertiary/aromatic N) is 1. The maximum Gasteiger partial charge on any atom is 0.223 e. The predicted molar refractivity (Wildman–Crippen MR) is 92.1 cm³/mol. The summed E-state index contributed by atoms with van der Waals surface area (Å²) in [5, 5.41) is 3.69. The van der Waals surface area contributed by atoms with Crippen molar-refractivity contribution in [2.75, 3.05) is 11.9 Å². The number of hydrogen-bond acceptors (Lipinski definition) is 2. The minimum absolute atomic E-state index is 0.160. The van der Waals surface area contributed by atoms with Gasteiger partial charge in [0.25, 0.3) is 0 Å². The first-order chi connectivity index (χ1) is 11.3. The third-order valence-corrected chi connectivity index (χ3v) is 5.22. The van der Waals surface area contributed by atoms with Gasteiger partial charge in [0.05, 0.1) is 12.1 Å². The molecule has 2 aliphatic heterocycles. The number of rotatable bonds is 2. The molecule has 0 spiro atoms. The third kappa shape index (κ3) is 2.40. The fraction of sp³-hybridized carbons (Fsp3) is 0.350. The minimum atomic E-state index is 0.160. The topological polar surface area (TPSA) is 32.3 Å². The number of anilines is 1. The van der Waals surface area contributed by atoms with Crippen LogP contribution in [-0.4, -0.2) is 17.4 Å². The van der Waals surface area contributed by atoms with Gasteiger partial charge in [-0.25, -0.2) is 0 Å². The van der Waals surface area contributed by atoms with E-state index in [0.717, 1.165) is 18.7 Å². The highest BCUT2D eigenvalue weighted by Gasteiger charge is 2.40. The number of carbonyl (C=O) groups is 1. The second kappa shape index (κ2) is 5.73. The largest absolute Gasteiger partial charge is 0.378 e. The first-order valence-electron chi connectivity index (χ1n) is 8.45. The standard InChI is InChI=1S/C20H22N2O/c1-14-19(15-8-3-2-4-9-15)21-17-11-6-5-10-16(17)20(14)22-13-7-12-18(22)23/h2-6,8-11,14,19-21H,7,12-13H2,1H3/t14-,19-,20+/m1/s1. The molecular weight excluding hydrogens is 284 g/mol. The SMILES string of the molecule is C[C@H]1[C@H](N2CCCC2=O)c2ccccc2N[C@H]1c1ccccc1. The molecule has 2 aliphatic rings. The first-order valence-corrected chi connectivity index (χ1v) is 8.45. The predicted octanol–water partition coefficient (Wildman–Crippen LogP) is 4.15. The average Bonchev–Trinajstić information content (AvgIpc) is 3.01. The van der Waals surface area contributed by atoms with Crippen molar-refractivity contribution >= 4 is 11.6 Å². The number of likely N-dealkylation sites (tertiary alicyclic amines) is 1. The number of benzene rings is 2. The van der Waals surface area contributed by atoms with Crippen molar-refractivity contribution in [1.29, 1.82) is 0 Å². The van der Waals surface area contributed by atoms with Crippen LogP contribution in [0.3, 0.4) is 0 Å². The Bertz CT molecular complexity index is 713. The normalized spacial score (nSPS) is 26.7. The number of nitrogens with one attached hydrogen (secondary N) is 1. The average molecular weight is 306 g/mol. The molecule has 2 aromatic carbocycles. The molecule has 1 amide bonds. The van der Waals surface area contributed by atoms with E-state index in [4.69, 9.17) is 0 Å². The molecule has 0 saturated carbocycles. The molecule has 4 rings (SSSR count). The molecule has 1 fully saturated rings. The van der Waals surface area contributed by atoms with Gasteiger partial charge in [0, 0.05) is 24.6 Å². The summed E-state index contributed by atoms with van der Waals surface area (Å²) < 4.78 is 0. The molecule has 118 valence electrons. The lowest BCUT2D eigenvalue weighted by Crippen LogP contribution is -2.40. The lowest BCUT2D eigenvalue weighted by molar-refractivity contribution is -0.131.